The summed E-state index contributed by atoms with van der Waals surface area (Å²) in [5.41, 5.74) is 10.4. The first kappa shape index (κ1) is 12.9. The Labute approximate surface area is 124 Å². The predicted octanol–water partition coefficient (Wildman–Crippen LogP) is 4.06. The fourth-order valence-electron chi connectivity index (χ4n) is 2.16. The molecule has 4 nitrogen and oxygen atoms in total. The molecule has 0 bridgehead atoms. The lowest BCUT2D eigenvalue weighted by Crippen LogP contribution is -1.89. The van der Waals surface area contributed by atoms with E-state index >= 15 is 0 Å². The van der Waals surface area contributed by atoms with Crippen LogP contribution >= 0.6 is 15.9 Å². The molecule has 100 valence electrons. The molecule has 0 atom stereocenters. The predicted molar refractivity (Wildman–Crippen MR) is 82.0 cm³/mol. The molecule has 2 aromatic heterocycles. The molecule has 0 unspecified atom stereocenters. The Bertz CT molecular complexity index is 733. The van der Waals surface area contributed by atoms with Crippen molar-refractivity contribution in [2.45, 2.75) is 6.92 Å². The lowest BCUT2D eigenvalue weighted by molar-refractivity contribution is 0.439. The van der Waals surface area contributed by atoms with Gasteiger partial charge in [0.1, 0.15) is 5.69 Å². The smallest absolute Gasteiger partial charge is 0.230 e. The third-order valence-electron chi connectivity index (χ3n) is 2.98. The van der Waals surface area contributed by atoms with E-state index in [0.717, 1.165) is 32.4 Å². The molecular weight excluding hydrogens is 318 g/mol. The molecule has 0 aliphatic heterocycles. The van der Waals surface area contributed by atoms with Gasteiger partial charge >= 0.3 is 0 Å². The third kappa shape index (κ3) is 2.32. The maximum absolute atomic E-state index is 5.92. The van der Waals surface area contributed by atoms with Crippen LogP contribution in [0.4, 0.5) is 5.88 Å². The Morgan fingerprint density at radius 3 is 2.75 bits per heavy atom. The van der Waals surface area contributed by atoms with Crippen LogP contribution in [0.15, 0.2) is 51.7 Å². The molecule has 20 heavy (non-hydrogen) atoms. The first-order chi connectivity index (χ1) is 9.65. The highest BCUT2D eigenvalue weighted by molar-refractivity contribution is 9.10. The molecule has 0 aliphatic carbocycles. The number of hydrogen-bond donors (Lipinski definition) is 1. The topological polar surface area (TPSA) is 64.9 Å². The largest absolute Gasteiger partial charge is 0.367 e. The normalized spacial score (nSPS) is 10.7. The van der Waals surface area contributed by atoms with E-state index in [1.807, 2.05) is 37.3 Å². The van der Waals surface area contributed by atoms with E-state index < -0.39 is 0 Å². The van der Waals surface area contributed by atoms with Crippen LogP contribution in [0.25, 0.3) is 22.4 Å². The van der Waals surface area contributed by atoms with Gasteiger partial charge in [0.25, 0.3) is 0 Å². The SMILES string of the molecule is Cc1cc(Br)cc(-c2noc(N)c2-c2cccnc2)c1. The summed E-state index contributed by atoms with van der Waals surface area (Å²) in [4.78, 5) is 4.12. The third-order valence-corrected chi connectivity index (χ3v) is 3.44. The molecule has 2 N–H and O–H groups in total. The highest BCUT2D eigenvalue weighted by Gasteiger charge is 2.17. The average Bonchev–Trinajstić information content (AvgIpc) is 2.80. The maximum atomic E-state index is 5.92. The lowest BCUT2D eigenvalue weighted by atomic mass is 10.0. The van der Waals surface area contributed by atoms with Gasteiger partial charge in [0.05, 0.1) is 5.56 Å². The number of nitrogen functional groups attached to an aromatic ring is 1. The maximum Gasteiger partial charge on any atom is 0.230 e. The van der Waals surface area contributed by atoms with Crippen molar-refractivity contribution in [3.8, 4) is 22.4 Å². The minimum Gasteiger partial charge on any atom is -0.367 e. The fraction of sp³-hybridized carbons (Fsp3) is 0.0667. The standard InChI is InChI=1S/C15H12BrN3O/c1-9-5-11(7-12(16)6-9)14-13(15(17)20-19-14)10-3-2-4-18-8-10/h2-8H,17H2,1H3. The minimum absolute atomic E-state index is 0.297. The van der Waals surface area contributed by atoms with Gasteiger partial charge in [-0.25, -0.2) is 0 Å². The number of aromatic nitrogens is 2. The van der Waals surface area contributed by atoms with Crippen LogP contribution in [0, 0.1) is 6.92 Å². The number of nitrogens with two attached hydrogens (primary N) is 1. The van der Waals surface area contributed by atoms with E-state index in [4.69, 9.17) is 10.3 Å². The monoisotopic (exact) mass is 329 g/mol. The van der Waals surface area contributed by atoms with Gasteiger partial charge in [0.2, 0.25) is 5.88 Å². The van der Waals surface area contributed by atoms with Crippen LogP contribution in [0.1, 0.15) is 5.56 Å². The first-order valence-corrected chi connectivity index (χ1v) is 6.87. The van der Waals surface area contributed by atoms with Gasteiger partial charge in [-0.15, -0.1) is 0 Å². The molecule has 0 amide bonds. The molecule has 0 fully saturated rings. The van der Waals surface area contributed by atoms with Gasteiger partial charge in [-0.1, -0.05) is 27.2 Å². The highest BCUT2D eigenvalue weighted by Crippen LogP contribution is 2.36. The van der Waals surface area contributed by atoms with E-state index in [2.05, 4.69) is 26.1 Å². The van der Waals surface area contributed by atoms with E-state index in [1.54, 1.807) is 12.4 Å². The van der Waals surface area contributed by atoms with Crippen LogP contribution in [-0.4, -0.2) is 10.1 Å². The van der Waals surface area contributed by atoms with Crippen LogP contribution < -0.4 is 5.73 Å². The van der Waals surface area contributed by atoms with Crippen molar-refractivity contribution in [3.63, 3.8) is 0 Å². The van der Waals surface area contributed by atoms with Crippen LogP contribution in [-0.2, 0) is 0 Å². The number of halogens is 1. The number of aryl methyl sites for hydroxylation is 1. The Balaban J connectivity index is 2.21. The molecule has 3 rings (SSSR count). The number of benzene rings is 1. The summed E-state index contributed by atoms with van der Waals surface area (Å²) in [7, 11) is 0. The van der Waals surface area contributed by atoms with Gasteiger partial charge < -0.3 is 10.3 Å². The molecule has 2 heterocycles. The summed E-state index contributed by atoms with van der Waals surface area (Å²) in [6, 6.07) is 9.87. The van der Waals surface area contributed by atoms with Crippen molar-refractivity contribution >= 4 is 21.8 Å². The summed E-state index contributed by atoms with van der Waals surface area (Å²) in [5.74, 6) is 0.297. The van der Waals surface area contributed by atoms with E-state index in [0.29, 0.717) is 5.88 Å². The number of rotatable bonds is 2. The number of anilines is 1. The molecule has 1 aromatic carbocycles. The molecule has 0 radical (unpaired) electrons. The van der Waals surface area contributed by atoms with Crippen molar-refractivity contribution in [2.24, 2.45) is 0 Å². The van der Waals surface area contributed by atoms with Gasteiger partial charge in [0, 0.05) is 28.0 Å². The van der Waals surface area contributed by atoms with Crippen LogP contribution in [0.2, 0.25) is 0 Å². The molecule has 3 aromatic rings. The molecule has 0 aliphatic rings. The zero-order valence-corrected chi connectivity index (χ0v) is 12.4. The van der Waals surface area contributed by atoms with Gasteiger partial charge in [-0.3, -0.25) is 4.98 Å². The van der Waals surface area contributed by atoms with Crippen molar-refractivity contribution in [3.05, 3.63) is 52.8 Å². The molecule has 5 heteroatoms. The van der Waals surface area contributed by atoms with Gasteiger partial charge in [-0.05, 0) is 36.8 Å². The number of hydrogen-bond acceptors (Lipinski definition) is 4. The summed E-state index contributed by atoms with van der Waals surface area (Å²) in [6.45, 7) is 2.03. The highest BCUT2D eigenvalue weighted by atomic mass is 79.9. The van der Waals surface area contributed by atoms with E-state index in [1.165, 1.54) is 0 Å². The quantitative estimate of drug-likeness (QED) is 0.770. The van der Waals surface area contributed by atoms with Crippen molar-refractivity contribution < 1.29 is 4.52 Å². The summed E-state index contributed by atoms with van der Waals surface area (Å²) in [6.07, 6.45) is 3.47. The zero-order valence-electron chi connectivity index (χ0n) is 10.8. The molecule has 0 saturated carbocycles. The van der Waals surface area contributed by atoms with Crippen molar-refractivity contribution in [1.82, 2.24) is 10.1 Å². The second-order valence-electron chi connectivity index (χ2n) is 4.53. The lowest BCUT2D eigenvalue weighted by Gasteiger charge is -2.04. The average molecular weight is 330 g/mol. The summed E-state index contributed by atoms with van der Waals surface area (Å²) >= 11 is 3.50. The molecular formula is C15H12BrN3O. The number of nitrogens with zero attached hydrogens (tertiary/aromatic N) is 2. The van der Waals surface area contributed by atoms with Crippen molar-refractivity contribution in [1.29, 1.82) is 0 Å². The second-order valence-corrected chi connectivity index (χ2v) is 5.45. The second kappa shape index (κ2) is 5.09. The summed E-state index contributed by atoms with van der Waals surface area (Å²) in [5, 5.41) is 4.10. The Hall–Kier alpha value is -2.14. The zero-order chi connectivity index (χ0) is 14.1. The number of pyridine rings is 1. The Morgan fingerprint density at radius 1 is 1.20 bits per heavy atom. The first-order valence-electron chi connectivity index (χ1n) is 6.08. The minimum atomic E-state index is 0.297. The summed E-state index contributed by atoms with van der Waals surface area (Å²) < 4.78 is 6.16. The molecule has 0 saturated heterocycles. The van der Waals surface area contributed by atoms with Crippen molar-refractivity contribution in [2.75, 3.05) is 5.73 Å². The van der Waals surface area contributed by atoms with E-state index in [-0.39, 0.29) is 0 Å². The van der Waals surface area contributed by atoms with Crippen LogP contribution in [0.3, 0.4) is 0 Å². The van der Waals surface area contributed by atoms with Gasteiger partial charge in [0.15, 0.2) is 0 Å². The Kier molecular flexibility index (Phi) is 3.28. The van der Waals surface area contributed by atoms with Crippen LogP contribution in [0.5, 0.6) is 0 Å². The van der Waals surface area contributed by atoms with Gasteiger partial charge in [-0.2, -0.15) is 0 Å². The van der Waals surface area contributed by atoms with E-state index in [9.17, 15) is 0 Å². The Morgan fingerprint density at radius 2 is 2.05 bits per heavy atom. The molecule has 0 spiro atoms. The fourth-order valence-corrected chi connectivity index (χ4v) is 2.77.